The summed E-state index contributed by atoms with van der Waals surface area (Å²) in [6.07, 6.45) is 10.1. The van der Waals surface area contributed by atoms with E-state index in [9.17, 15) is 24.3 Å². The van der Waals surface area contributed by atoms with Crippen molar-refractivity contribution in [1.82, 2.24) is 15.1 Å². The van der Waals surface area contributed by atoms with Gasteiger partial charge in [-0.05, 0) is 44.6 Å². The molecule has 1 unspecified atom stereocenters. The average Bonchev–Trinajstić information content (AvgIpc) is 3.39. The van der Waals surface area contributed by atoms with Gasteiger partial charge >= 0.3 is 5.97 Å². The van der Waals surface area contributed by atoms with Gasteiger partial charge < -0.3 is 29.7 Å². The lowest BCUT2D eigenvalue weighted by Crippen LogP contribution is -2.56. The van der Waals surface area contributed by atoms with Gasteiger partial charge in [0.05, 0.1) is 18.6 Å². The standard InChI is InChI=1S/C34H45N3O7/c1-3-13-23(2)36-20-12-18-34-29(31(40)37(30(34)32(36)41)19-10-5-11-21-38)28-25(44-34)16-8-9-17-27(39)35-22-26(43-33(28)42)24-14-6-4-7-15-24/h4,6-8,12,14-16,18,23,25-26,28-30,38H,3,5,9-11,13,17,19-22H2,1-2H3,(H,35,39)/b16-8-/t23?,25-,26+,28+,29+,30-,34+/m1/s1. The van der Waals surface area contributed by atoms with Crippen LogP contribution in [0, 0.1) is 11.8 Å². The minimum absolute atomic E-state index is 0.0335. The number of aliphatic hydroxyl groups excluding tert-OH is 1. The monoisotopic (exact) mass is 607 g/mol. The molecule has 44 heavy (non-hydrogen) atoms. The van der Waals surface area contributed by atoms with Crippen LogP contribution in [0.1, 0.15) is 70.5 Å². The summed E-state index contributed by atoms with van der Waals surface area (Å²) in [4.78, 5) is 59.0. The Balaban J connectivity index is 1.55. The van der Waals surface area contributed by atoms with Crippen LogP contribution in [0.25, 0.3) is 0 Å². The molecule has 2 saturated heterocycles. The zero-order valence-corrected chi connectivity index (χ0v) is 25.7. The molecule has 7 atom stereocenters. The first kappa shape index (κ1) is 31.9. The molecule has 3 amide bonds. The molecular weight excluding hydrogens is 562 g/mol. The van der Waals surface area contributed by atoms with Crippen molar-refractivity contribution >= 4 is 23.7 Å². The van der Waals surface area contributed by atoms with Crippen LogP contribution in [0.5, 0.6) is 0 Å². The number of nitrogens with zero attached hydrogens (tertiary/aromatic N) is 2. The second-order valence-electron chi connectivity index (χ2n) is 12.3. The summed E-state index contributed by atoms with van der Waals surface area (Å²) in [6, 6.07) is 8.26. The van der Waals surface area contributed by atoms with Crippen LogP contribution in [0.4, 0.5) is 0 Å². The van der Waals surface area contributed by atoms with Crippen LogP contribution < -0.4 is 5.32 Å². The third-order valence-corrected chi connectivity index (χ3v) is 9.37. The van der Waals surface area contributed by atoms with Crippen LogP contribution in [0.2, 0.25) is 0 Å². The van der Waals surface area contributed by atoms with E-state index in [2.05, 4.69) is 12.2 Å². The predicted molar refractivity (Wildman–Crippen MR) is 163 cm³/mol. The molecule has 0 aliphatic carbocycles. The van der Waals surface area contributed by atoms with E-state index in [0.29, 0.717) is 38.8 Å². The second kappa shape index (κ2) is 14.1. The molecule has 0 radical (unpaired) electrons. The Kier molecular flexibility index (Phi) is 10.2. The van der Waals surface area contributed by atoms with Crippen molar-refractivity contribution in [3.63, 3.8) is 0 Å². The number of aliphatic hydroxyl groups is 1. The number of carbonyl (C=O) groups is 4. The molecule has 0 saturated carbocycles. The van der Waals surface area contributed by atoms with Crippen LogP contribution >= 0.6 is 0 Å². The summed E-state index contributed by atoms with van der Waals surface area (Å²) >= 11 is 0. The molecule has 4 aliphatic heterocycles. The highest BCUT2D eigenvalue weighted by Gasteiger charge is 2.71. The number of benzene rings is 1. The number of hydrogen-bond acceptors (Lipinski definition) is 7. The zero-order valence-electron chi connectivity index (χ0n) is 25.7. The fourth-order valence-corrected chi connectivity index (χ4v) is 7.20. The number of hydrogen-bond donors (Lipinski definition) is 2. The Morgan fingerprint density at radius 3 is 2.61 bits per heavy atom. The van der Waals surface area contributed by atoms with E-state index in [0.717, 1.165) is 18.4 Å². The maximum absolute atomic E-state index is 14.4. The van der Waals surface area contributed by atoms with Crippen molar-refractivity contribution in [1.29, 1.82) is 0 Å². The smallest absolute Gasteiger partial charge is 0.313 e. The van der Waals surface area contributed by atoms with Gasteiger partial charge in [0.2, 0.25) is 17.7 Å². The molecule has 1 aromatic carbocycles. The van der Waals surface area contributed by atoms with Gasteiger partial charge in [-0.2, -0.15) is 0 Å². The average molecular weight is 608 g/mol. The Morgan fingerprint density at radius 1 is 1.07 bits per heavy atom. The molecule has 10 heteroatoms. The quantitative estimate of drug-likeness (QED) is 0.251. The van der Waals surface area contributed by atoms with Crippen molar-refractivity contribution in [3.8, 4) is 0 Å². The number of likely N-dealkylation sites (tertiary alicyclic amines) is 1. The minimum atomic E-state index is -1.35. The highest BCUT2D eigenvalue weighted by atomic mass is 16.6. The Morgan fingerprint density at radius 2 is 1.86 bits per heavy atom. The van der Waals surface area contributed by atoms with Crippen molar-refractivity contribution < 1.29 is 33.8 Å². The van der Waals surface area contributed by atoms with Gasteiger partial charge in [0.15, 0.2) is 0 Å². The lowest BCUT2D eigenvalue weighted by molar-refractivity contribution is -0.160. The van der Waals surface area contributed by atoms with Gasteiger partial charge in [0, 0.05) is 32.2 Å². The minimum Gasteiger partial charge on any atom is -0.455 e. The molecule has 2 N–H and O–H groups in total. The first-order chi connectivity index (χ1) is 21.3. The maximum atomic E-state index is 14.4. The van der Waals surface area contributed by atoms with Gasteiger partial charge in [0.25, 0.3) is 0 Å². The Bertz CT molecular complexity index is 1270. The van der Waals surface area contributed by atoms with Gasteiger partial charge in [-0.1, -0.05) is 68.0 Å². The summed E-state index contributed by atoms with van der Waals surface area (Å²) < 4.78 is 12.9. The van der Waals surface area contributed by atoms with Crippen LogP contribution in [-0.4, -0.2) is 88.6 Å². The number of fused-ring (bicyclic) bond motifs is 2. The van der Waals surface area contributed by atoms with Crippen molar-refractivity contribution in [3.05, 3.63) is 60.2 Å². The van der Waals surface area contributed by atoms with E-state index < -0.39 is 41.7 Å². The molecule has 1 spiro atoms. The molecule has 4 aliphatic rings. The van der Waals surface area contributed by atoms with Crippen LogP contribution in [0.15, 0.2) is 54.6 Å². The lowest BCUT2D eigenvalue weighted by atomic mass is 9.77. The SMILES string of the molecule is CCCC(C)N1CC=C[C@]23O[C@@H]4/C=C\CCC(=O)NC[C@@H](c5ccccc5)OC(=O)[C@@H]4[C@H]2C(=O)N(CCCCCO)[C@@H]3C1=O. The summed E-state index contributed by atoms with van der Waals surface area (Å²) in [6.45, 7) is 4.97. The van der Waals surface area contributed by atoms with Crippen molar-refractivity contribution in [2.45, 2.75) is 88.7 Å². The van der Waals surface area contributed by atoms with Gasteiger partial charge in [0.1, 0.15) is 23.7 Å². The topological polar surface area (TPSA) is 125 Å². The number of allylic oxidation sites excluding steroid dienone is 1. The van der Waals surface area contributed by atoms with E-state index in [1.54, 1.807) is 11.0 Å². The number of amides is 3. The van der Waals surface area contributed by atoms with Gasteiger partial charge in [-0.15, -0.1) is 0 Å². The second-order valence-corrected chi connectivity index (χ2v) is 12.3. The Hall–Kier alpha value is -3.50. The molecule has 2 fully saturated rings. The molecular formula is C34H45N3O7. The Labute approximate surface area is 259 Å². The lowest BCUT2D eigenvalue weighted by Gasteiger charge is -2.37. The summed E-state index contributed by atoms with van der Waals surface area (Å²) in [5.74, 6) is -3.17. The van der Waals surface area contributed by atoms with E-state index in [1.165, 1.54) is 0 Å². The van der Waals surface area contributed by atoms with Gasteiger partial charge in [-0.3, -0.25) is 19.2 Å². The molecule has 5 rings (SSSR count). The van der Waals surface area contributed by atoms with E-state index in [-0.39, 0.29) is 43.3 Å². The van der Waals surface area contributed by atoms with E-state index >= 15 is 0 Å². The number of esters is 1. The normalized spacial score (nSPS) is 32.0. The van der Waals surface area contributed by atoms with E-state index in [4.69, 9.17) is 9.47 Å². The predicted octanol–water partition coefficient (Wildman–Crippen LogP) is 3.07. The fraction of sp³-hybridized carbons (Fsp3) is 0.588. The van der Waals surface area contributed by atoms with E-state index in [1.807, 2.05) is 60.4 Å². The number of carbonyl (C=O) groups excluding carboxylic acids is 4. The third-order valence-electron chi connectivity index (χ3n) is 9.37. The molecule has 4 heterocycles. The van der Waals surface area contributed by atoms with Crippen molar-refractivity contribution in [2.24, 2.45) is 11.8 Å². The molecule has 0 bridgehead atoms. The fourth-order valence-electron chi connectivity index (χ4n) is 7.20. The summed E-state index contributed by atoms with van der Waals surface area (Å²) in [7, 11) is 0. The first-order valence-corrected chi connectivity index (χ1v) is 16.1. The van der Waals surface area contributed by atoms with Gasteiger partial charge in [-0.25, -0.2) is 0 Å². The summed E-state index contributed by atoms with van der Waals surface area (Å²) in [5, 5.41) is 12.2. The molecule has 238 valence electrons. The third kappa shape index (κ3) is 6.19. The first-order valence-electron chi connectivity index (χ1n) is 16.1. The van der Waals surface area contributed by atoms with Crippen LogP contribution in [0.3, 0.4) is 0 Å². The highest BCUT2D eigenvalue weighted by Crippen LogP contribution is 2.53. The number of rotatable bonds is 9. The number of ether oxygens (including phenoxy) is 2. The maximum Gasteiger partial charge on any atom is 0.313 e. The highest BCUT2D eigenvalue weighted by molar-refractivity contribution is 5.99. The molecule has 0 aromatic heterocycles. The molecule has 1 aromatic rings. The number of cyclic esters (lactones) is 1. The zero-order chi connectivity index (χ0) is 31.3. The van der Waals surface area contributed by atoms with Crippen LogP contribution in [-0.2, 0) is 28.7 Å². The van der Waals surface area contributed by atoms with Crippen molar-refractivity contribution in [2.75, 3.05) is 26.2 Å². The summed E-state index contributed by atoms with van der Waals surface area (Å²) in [5.41, 5.74) is -0.619. The number of unbranched alkanes of at least 4 members (excludes halogenated alkanes) is 2. The number of nitrogens with one attached hydrogen (secondary N) is 1. The molecule has 10 nitrogen and oxygen atoms in total. The largest absolute Gasteiger partial charge is 0.455 e.